The first-order valence-electron chi connectivity index (χ1n) is 6.24. The summed E-state index contributed by atoms with van der Waals surface area (Å²) in [5.41, 5.74) is 7.12. The van der Waals surface area contributed by atoms with Gasteiger partial charge in [-0.15, -0.1) is 0 Å². The van der Waals surface area contributed by atoms with Crippen LogP contribution in [-0.2, 0) is 6.54 Å². The van der Waals surface area contributed by atoms with Crippen LogP contribution in [0.1, 0.15) is 15.9 Å². The summed E-state index contributed by atoms with van der Waals surface area (Å²) in [7, 11) is 0. The average molecular weight is 303 g/mol. The van der Waals surface area contributed by atoms with Gasteiger partial charge >= 0.3 is 0 Å². The Bertz CT molecular complexity index is 658. The Morgan fingerprint density at radius 2 is 1.90 bits per heavy atom. The Kier molecular flexibility index (Phi) is 4.84. The number of hydrogen-bond donors (Lipinski definition) is 3. The normalized spacial score (nSPS) is 9.95. The van der Waals surface area contributed by atoms with Gasteiger partial charge in [-0.25, -0.2) is 4.39 Å². The van der Waals surface area contributed by atoms with Crippen molar-refractivity contribution in [1.29, 1.82) is 0 Å². The number of thiocarbonyl (C=S) groups is 1. The zero-order valence-corrected chi connectivity index (χ0v) is 11.9. The number of primary amides is 1. The number of carbonyl (C=O) groups excluding carboxylic acids is 1. The lowest BCUT2D eigenvalue weighted by molar-refractivity contribution is 0.100. The Balaban J connectivity index is 1.88. The molecule has 0 unspecified atom stereocenters. The lowest BCUT2D eigenvalue weighted by atomic mass is 10.2. The van der Waals surface area contributed by atoms with E-state index in [-0.39, 0.29) is 5.82 Å². The Morgan fingerprint density at radius 3 is 2.52 bits per heavy atom. The predicted octanol–water partition coefficient (Wildman–Crippen LogP) is 2.41. The summed E-state index contributed by atoms with van der Waals surface area (Å²) in [6.45, 7) is 0.420. The molecule has 4 N–H and O–H groups in total. The Morgan fingerprint density at radius 1 is 1.19 bits per heavy atom. The zero-order valence-electron chi connectivity index (χ0n) is 11.1. The van der Waals surface area contributed by atoms with Gasteiger partial charge in [0.05, 0.1) is 0 Å². The van der Waals surface area contributed by atoms with E-state index in [1.54, 1.807) is 36.4 Å². The fourth-order valence-corrected chi connectivity index (χ4v) is 1.91. The molecule has 0 saturated carbocycles. The number of carbonyl (C=O) groups is 1. The summed E-state index contributed by atoms with van der Waals surface area (Å²) in [5.74, 6) is -0.761. The van der Waals surface area contributed by atoms with Crippen LogP contribution in [0.3, 0.4) is 0 Å². The maximum atomic E-state index is 13.0. The molecular weight excluding hydrogens is 289 g/mol. The Labute approximate surface area is 127 Å². The average Bonchev–Trinajstić information content (AvgIpc) is 2.46. The minimum atomic E-state index is -0.478. The predicted molar refractivity (Wildman–Crippen MR) is 84.4 cm³/mol. The van der Waals surface area contributed by atoms with E-state index in [9.17, 15) is 9.18 Å². The van der Waals surface area contributed by atoms with Crippen molar-refractivity contribution < 1.29 is 9.18 Å². The highest BCUT2D eigenvalue weighted by Gasteiger charge is 2.02. The lowest BCUT2D eigenvalue weighted by Crippen LogP contribution is -2.27. The van der Waals surface area contributed by atoms with Crippen molar-refractivity contribution in [3.05, 3.63) is 65.5 Å². The van der Waals surface area contributed by atoms with Crippen molar-refractivity contribution in [3.63, 3.8) is 0 Å². The van der Waals surface area contributed by atoms with E-state index >= 15 is 0 Å². The number of anilines is 1. The molecule has 0 bridgehead atoms. The number of nitrogens with two attached hydrogens (primary N) is 1. The minimum Gasteiger partial charge on any atom is -0.366 e. The fourth-order valence-electron chi connectivity index (χ4n) is 1.72. The second-order valence-corrected chi connectivity index (χ2v) is 4.79. The molecule has 0 aliphatic carbocycles. The van der Waals surface area contributed by atoms with Crippen LogP contribution in [0.15, 0.2) is 48.5 Å². The summed E-state index contributed by atoms with van der Waals surface area (Å²) >= 11 is 5.14. The molecule has 108 valence electrons. The van der Waals surface area contributed by atoms with Crippen molar-refractivity contribution in [2.75, 3.05) is 5.32 Å². The van der Waals surface area contributed by atoms with Crippen molar-refractivity contribution in [1.82, 2.24) is 5.32 Å². The van der Waals surface area contributed by atoms with Crippen LogP contribution in [0.25, 0.3) is 0 Å². The number of benzene rings is 2. The molecule has 0 atom stereocenters. The molecule has 0 aromatic heterocycles. The monoisotopic (exact) mass is 303 g/mol. The van der Waals surface area contributed by atoms with Gasteiger partial charge in [0.25, 0.3) is 0 Å². The van der Waals surface area contributed by atoms with Gasteiger partial charge in [0.2, 0.25) is 5.91 Å². The third-order valence-electron chi connectivity index (χ3n) is 2.77. The van der Waals surface area contributed by atoms with Gasteiger partial charge in [-0.1, -0.05) is 12.1 Å². The maximum Gasteiger partial charge on any atom is 0.248 e. The van der Waals surface area contributed by atoms with Crippen molar-refractivity contribution in [3.8, 4) is 0 Å². The largest absolute Gasteiger partial charge is 0.366 e. The molecule has 0 heterocycles. The van der Waals surface area contributed by atoms with Gasteiger partial charge in [0, 0.05) is 17.8 Å². The Hall–Kier alpha value is -2.47. The van der Waals surface area contributed by atoms with Crippen molar-refractivity contribution in [2.45, 2.75) is 6.54 Å². The van der Waals surface area contributed by atoms with Gasteiger partial charge in [-0.3, -0.25) is 4.79 Å². The second kappa shape index (κ2) is 6.81. The van der Waals surface area contributed by atoms with E-state index in [0.717, 1.165) is 11.3 Å². The number of nitrogens with one attached hydrogen (secondary N) is 2. The van der Waals surface area contributed by atoms with Crippen LogP contribution in [-0.4, -0.2) is 11.0 Å². The first-order valence-corrected chi connectivity index (χ1v) is 6.64. The van der Waals surface area contributed by atoms with Gasteiger partial charge < -0.3 is 16.4 Å². The summed E-state index contributed by atoms with van der Waals surface area (Å²) < 4.78 is 13.0. The molecule has 0 fully saturated rings. The zero-order chi connectivity index (χ0) is 15.2. The molecule has 0 spiro atoms. The van der Waals surface area contributed by atoms with Crippen LogP contribution in [0.5, 0.6) is 0 Å². The van der Waals surface area contributed by atoms with Crippen LogP contribution in [0.4, 0.5) is 10.1 Å². The molecule has 0 radical (unpaired) electrons. The molecular formula is C15H14FN3OS. The maximum absolute atomic E-state index is 13.0. The molecule has 4 nitrogen and oxygen atoms in total. The van der Waals surface area contributed by atoms with Gasteiger partial charge in [0.1, 0.15) is 5.82 Å². The standard InChI is InChI=1S/C15H14FN3OS/c16-12-3-1-2-10(8-12)9-18-15(21)19-13-6-4-11(5-7-13)14(17)20/h1-8H,9H2,(H2,17,20)(H2,18,19,21). The van der Waals surface area contributed by atoms with E-state index in [1.807, 2.05) is 0 Å². The molecule has 1 amide bonds. The molecule has 2 rings (SSSR count). The smallest absolute Gasteiger partial charge is 0.248 e. The van der Waals surface area contributed by atoms with Crippen LogP contribution in [0, 0.1) is 5.82 Å². The van der Waals surface area contributed by atoms with Crippen LogP contribution < -0.4 is 16.4 Å². The first kappa shape index (κ1) is 14.9. The van der Waals surface area contributed by atoms with E-state index in [2.05, 4.69) is 10.6 Å². The SMILES string of the molecule is NC(=O)c1ccc(NC(=S)NCc2cccc(F)c2)cc1. The number of amides is 1. The highest BCUT2D eigenvalue weighted by Crippen LogP contribution is 2.09. The summed E-state index contributed by atoms with van der Waals surface area (Å²) in [5, 5.41) is 6.35. The molecule has 0 aliphatic rings. The third-order valence-corrected chi connectivity index (χ3v) is 3.02. The summed E-state index contributed by atoms with van der Waals surface area (Å²) in [6, 6.07) is 12.9. The highest BCUT2D eigenvalue weighted by molar-refractivity contribution is 7.80. The van der Waals surface area contributed by atoms with E-state index in [4.69, 9.17) is 18.0 Å². The van der Waals surface area contributed by atoms with Gasteiger partial charge in [0.15, 0.2) is 5.11 Å². The summed E-state index contributed by atoms with van der Waals surface area (Å²) in [4.78, 5) is 11.0. The topological polar surface area (TPSA) is 67.2 Å². The molecule has 6 heteroatoms. The first-order chi connectivity index (χ1) is 10.0. The highest BCUT2D eigenvalue weighted by atomic mass is 32.1. The molecule has 0 saturated heterocycles. The minimum absolute atomic E-state index is 0.282. The quantitative estimate of drug-likeness (QED) is 0.759. The lowest BCUT2D eigenvalue weighted by Gasteiger charge is -2.11. The van der Waals surface area contributed by atoms with Crippen LogP contribution in [0.2, 0.25) is 0 Å². The van der Waals surface area contributed by atoms with Crippen molar-refractivity contribution in [2.24, 2.45) is 5.73 Å². The molecule has 2 aromatic carbocycles. The van der Waals surface area contributed by atoms with Gasteiger partial charge in [-0.2, -0.15) is 0 Å². The number of hydrogen-bond acceptors (Lipinski definition) is 2. The number of halogens is 1. The fraction of sp³-hybridized carbons (Fsp3) is 0.0667. The molecule has 2 aromatic rings. The van der Waals surface area contributed by atoms with E-state index in [0.29, 0.717) is 17.2 Å². The molecule has 21 heavy (non-hydrogen) atoms. The van der Waals surface area contributed by atoms with E-state index in [1.165, 1.54) is 12.1 Å². The third kappa shape index (κ3) is 4.54. The van der Waals surface area contributed by atoms with Gasteiger partial charge in [-0.05, 0) is 54.2 Å². The van der Waals surface area contributed by atoms with Crippen LogP contribution >= 0.6 is 12.2 Å². The molecule has 0 aliphatic heterocycles. The van der Waals surface area contributed by atoms with Crippen molar-refractivity contribution >= 4 is 28.9 Å². The van der Waals surface area contributed by atoms with E-state index < -0.39 is 5.91 Å². The number of rotatable bonds is 4. The second-order valence-electron chi connectivity index (χ2n) is 4.38. The summed E-state index contributed by atoms with van der Waals surface area (Å²) in [6.07, 6.45) is 0.